The Bertz CT molecular complexity index is 295. The minimum Gasteiger partial charge on any atom is -0.341 e. The van der Waals surface area contributed by atoms with Crippen LogP contribution in [-0.4, -0.2) is 27.8 Å². The van der Waals surface area contributed by atoms with E-state index in [1.54, 1.807) is 17.9 Å². The maximum absolute atomic E-state index is 10.9. The van der Waals surface area contributed by atoms with Gasteiger partial charge < -0.3 is 15.2 Å². The Kier molecular flexibility index (Phi) is 2.84. The van der Waals surface area contributed by atoms with Gasteiger partial charge >= 0.3 is 6.03 Å². The Hall–Kier alpha value is -1.59. The van der Waals surface area contributed by atoms with Crippen molar-refractivity contribution in [2.75, 3.05) is 7.05 Å². The van der Waals surface area contributed by atoms with Crippen molar-refractivity contribution in [2.24, 2.45) is 7.05 Å². The number of hydrogen-bond donors (Lipinski definition) is 2. The van der Waals surface area contributed by atoms with E-state index in [1.807, 2.05) is 14.0 Å². The molecule has 1 heterocycles. The van der Waals surface area contributed by atoms with Crippen molar-refractivity contribution < 1.29 is 4.79 Å². The molecule has 1 unspecified atom stereocenters. The molecule has 0 spiro atoms. The maximum atomic E-state index is 10.9. The lowest BCUT2D eigenvalue weighted by atomic mass is 10.3. The fraction of sp³-hybridized carbons (Fsp3) is 0.571. The van der Waals surface area contributed by atoms with Crippen molar-refractivity contribution in [3.8, 4) is 0 Å². The lowest BCUT2D eigenvalue weighted by Gasteiger charge is -2.11. The van der Waals surface area contributed by atoms with E-state index >= 15 is 0 Å². The molecule has 6 nitrogen and oxygen atoms in total. The van der Waals surface area contributed by atoms with Crippen molar-refractivity contribution in [3.63, 3.8) is 0 Å². The second kappa shape index (κ2) is 3.88. The molecule has 2 amide bonds. The fourth-order valence-corrected chi connectivity index (χ4v) is 1.02. The number of nitrogens with one attached hydrogen (secondary N) is 2. The number of aromatic nitrogens is 3. The second-order valence-corrected chi connectivity index (χ2v) is 2.75. The zero-order valence-electron chi connectivity index (χ0n) is 7.90. The summed E-state index contributed by atoms with van der Waals surface area (Å²) in [5.74, 6) is 0.726. The van der Waals surface area contributed by atoms with Crippen molar-refractivity contribution in [2.45, 2.75) is 13.0 Å². The molecule has 2 N–H and O–H groups in total. The van der Waals surface area contributed by atoms with Gasteiger partial charge in [-0.15, -0.1) is 10.2 Å². The van der Waals surface area contributed by atoms with Crippen molar-refractivity contribution in [3.05, 3.63) is 12.2 Å². The van der Waals surface area contributed by atoms with Gasteiger partial charge in [-0.2, -0.15) is 0 Å². The normalized spacial score (nSPS) is 12.2. The number of rotatable bonds is 2. The molecule has 1 rings (SSSR count). The highest BCUT2D eigenvalue weighted by Crippen LogP contribution is 2.05. The zero-order valence-corrected chi connectivity index (χ0v) is 7.90. The van der Waals surface area contributed by atoms with E-state index in [1.165, 1.54) is 0 Å². The molecule has 0 aliphatic carbocycles. The van der Waals surface area contributed by atoms with Crippen molar-refractivity contribution in [1.82, 2.24) is 25.4 Å². The molecule has 0 saturated carbocycles. The molecule has 0 bridgehead atoms. The lowest BCUT2D eigenvalue weighted by molar-refractivity contribution is 0.239. The van der Waals surface area contributed by atoms with E-state index in [4.69, 9.17) is 0 Å². The van der Waals surface area contributed by atoms with Crippen LogP contribution in [0.2, 0.25) is 0 Å². The Labute approximate surface area is 76.3 Å². The summed E-state index contributed by atoms with van der Waals surface area (Å²) in [6.45, 7) is 1.85. The van der Waals surface area contributed by atoms with Gasteiger partial charge in [0, 0.05) is 14.1 Å². The molecule has 13 heavy (non-hydrogen) atoms. The summed E-state index contributed by atoms with van der Waals surface area (Å²) in [5.41, 5.74) is 0. The SMILES string of the molecule is CNC(=O)NC(C)c1nncn1C. The highest BCUT2D eigenvalue weighted by Gasteiger charge is 2.12. The van der Waals surface area contributed by atoms with Crippen molar-refractivity contribution in [1.29, 1.82) is 0 Å². The number of aryl methyl sites for hydroxylation is 1. The Morgan fingerprint density at radius 2 is 2.38 bits per heavy atom. The Balaban J connectivity index is 2.63. The summed E-state index contributed by atoms with van der Waals surface area (Å²) in [5, 5.41) is 12.8. The van der Waals surface area contributed by atoms with Crippen LogP contribution in [0.1, 0.15) is 18.8 Å². The molecular weight excluding hydrogens is 170 g/mol. The van der Waals surface area contributed by atoms with Crippen LogP contribution in [0.15, 0.2) is 6.33 Å². The summed E-state index contributed by atoms with van der Waals surface area (Å²) in [4.78, 5) is 10.9. The van der Waals surface area contributed by atoms with Crippen LogP contribution in [0, 0.1) is 0 Å². The first kappa shape index (κ1) is 9.50. The predicted molar refractivity (Wildman–Crippen MR) is 47.0 cm³/mol. The van der Waals surface area contributed by atoms with Gasteiger partial charge in [-0.25, -0.2) is 4.79 Å². The van der Waals surface area contributed by atoms with E-state index < -0.39 is 0 Å². The molecule has 0 aliphatic heterocycles. The quantitative estimate of drug-likeness (QED) is 0.667. The van der Waals surface area contributed by atoms with Crippen LogP contribution in [0.5, 0.6) is 0 Å². The molecular formula is C7H13N5O. The number of carbonyl (C=O) groups is 1. The average molecular weight is 183 g/mol. The molecule has 0 aromatic carbocycles. The third-order valence-corrected chi connectivity index (χ3v) is 1.71. The van der Waals surface area contributed by atoms with Gasteiger partial charge in [0.05, 0.1) is 6.04 Å². The number of amides is 2. The molecule has 72 valence electrons. The van der Waals surface area contributed by atoms with Gasteiger partial charge in [-0.05, 0) is 6.92 Å². The molecule has 6 heteroatoms. The highest BCUT2D eigenvalue weighted by atomic mass is 16.2. The van der Waals surface area contributed by atoms with E-state index in [-0.39, 0.29) is 12.1 Å². The zero-order chi connectivity index (χ0) is 9.84. The van der Waals surface area contributed by atoms with Gasteiger partial charge in [0.1, 0.15) is 6.33 Å². The van der Waals surface area contributed by atoms with Gasteiger partial charge in [0.2, 0.25) is 0 Å². The van der Waals surface area contributed by atoms with Crippen LogP contribution < -0.4 is 10.6 Å². The van der Waals surface area contributed by atoms with E-state index in [9.17, 15) is 4.79 Å². The first-order chi connectivity index (χ1) is 6.15. The summed E-state index contributed by atoms with van der Waals surface area (Å²) < 4.78 is 1.76. The summed E-state index contributed by atoms with van der Waals surface area (Å²) >= 11 is 0. The third kappa shape index (κ3) is 2.17. The van der Waals surface area contributed by atoms with E-state index in [0.29, 0.717) is 0 Å². The topological polar surface area (TPSA) is 71.8 Å². The lowest BCUT2D eigenvalue weighted by Crippen LogP contribution is -2.35. The van der Waals surface area contributed by atoms with Gasteiger partial charge in [0.25, 0.3) is 0 Å². The molecule has 0 radical (unpaired) electrons. The Morgan fingerprint density at radius 1 is 1.69 bits per heavy atom. The van der Waals surface area contributed by atoms with Crippen LogP contribution in [0.25, 0.3) is 0 Å². The third-order valence-electron chi connectivity index (χ3n) is 1.71. The average Bonchev–Trinajstić information content (AvgIpc) is 2.51. The summed E-state index contributed by atoms with van der Waals surface area (Å²) in [7, 11) is 3.40. The molecule has 1 atom stereocenters. The second-order valence-electron chi connectivity index (χ2n) is 2.75. The number of hydrogen-bond acceptors (Lipinski definition) is 3. The van der Waals surface area contributed by atoms with Gasteiger partial charge in [-0.3, -0.25) is 0 Å². The standard InChI is InChI=1S/C7H13N5O/c1-5(10-7(13)8-2)6-11-9-4-12(6)3/h4-5H,1-3H3,(H2,8,10,13). The van der Waals surface area contributed by atoms with E-state index in [2.05, 4.69) is 20.8 Å². The number of urea groups is 1. The van der Waals surface area contributed by atoms with Crippen LogP contribution >= 0.6 is 0 Å². The maximum Gasteiger partial charge on any atom is 0.315 e. The van der Waals surface area contributed by atoms with Gasteiger partial charge in [-0.1, -0.05) is 0 Å². The number of nitrogens with zero attached hydrogens (tertiary/aromatic N) is 3. The molecule has 1 aromatic rings. The van der Waals surface area contributed by atoms with Crippen molar-refractivity contribution >= 4 is 6.03 Å². The minimum atomic E-state index is -0.226. The summed E-state index contributed by atoms with van der Waals surface area (Å²) in [6, 6.07) is -0.372. The smallest absolute Gasteiger partial charge is 0.315 e. The van der Waals surface area contributed by atoms with Crippen LogP contribution in [-0.2, 0) is 7.05 Å². The highest BCUT2D eigenvalue weighted by molar-refractivity contribution is 5.73. The number of carbonyl (C=O) groups excluding carboxylic acids is 1. The molecule has 0 aliphatic rings. The fourth-order valence-electron chi connectivity index (χ4n) is 1.02. The molecule has 0 saturated heterocycles. The van der Waals surface area contributed by atoms with Crippen LogP contribution in [0.3, 0.4) is 0 Å². The monoisotopic (exact) mass is 183 g/mol. The summed E-state index contributed by atoms with van der Waals surface area (Å²) in [6.07, 6.45) is 1.59. The molecule has 1 aromatic heterocycles. The Morgan fingerprint density at radius 3 is 2.85 bits per heavy atom. The van der Waals surface area contributed by atoms with Gasteiger partial charge in [0.15, 0.2) is 5.82 Å². The predicted octanol–water partition coefficient (Wildman–Crippen LogP) is -0.195. The van der Waals surface area contributed by atoms with Crippen LogP contribution in [0.4, 0.5) is 4.79 Å². The first-order valence-corrected chi connectivity index (χ1v) is 3.97. The largest absolute Gasteiger partial charge is 0.341 e. The minimum absolute atomic E-state index is 0.146. The first-order valence-electron chi connectivity index (χ1n) is 3.97. The molecule has 0 fully saturated rings. The van der Waals surface area contributed by atoms with E-state index in [0.717, 1.165) is 5.82 Å².